The Labute approximate surface area is 133 Å². The Morgan fingerprint density at radius 1 is 1.38 bits per heavy atom. The number of unbranched alkanes of at least 4 members (excludes halogenated alkanes) is 1. The number of benzene rings is 1. The molecule has 0 bridgehead atoms. The van der Waals surface area contributed by atoms with Crippen molar-refractivity contribution in [2.45, 2.75) is 19.8 Å². The second-order valence-corrected chi connectivity index (χ2v) is 7.02. The molecule has 21 heavy (non-hydrogen) atoms. The standard InChI is InChI=1S/C12H16Cl2N2O4S/c1-3-4-5-16(2)21(19,20)15-11-9(12(17)18)6-8(13)7-10(11)14/h6-7,15H,3-5H2,1-2H3,(H,17,18). The fourth-order valence-corrected chi connectivity index (χ4v) is 3.15. The Hall–Kier alpha value is -1.02. The predicted octanol–water partition coefficient (Wildman–Crippen LogP) is 3.08. The van der Waals surface area contributed by atoms with E-state index in [1.54, 1.807) is 0 Å². The highest BCUT2D eigenvalue weighted by Gasteiger charge is 2.23. The summed E-state index contributed by atoms with van der Waals surface area (Å²) in [5.41, 5.74) is -0.503. The molecule has 0 saturated heterocycles. The first-order valence-corrected chi connectivity index (χ1v) is 8.35. The predicted molar refractivity (Wildman–Crippen MR) is 83.5 cm³/mol. The maximum absolute atomic E-state index is 12.1. The van der Waals surface area contributed by atoms with Crippen LogP contribution in [0.2, 0.25) is 10.0 Å². The lowest BCUT2D eigenvalue weighted by Gasteiger charge is -2.19. The van der Waals surface area contributed by atoms with Crippen molar-refractivity contribution < 1.29 is 18.3 Å². The number of rotatable bonds is 7. The minimum atomic E-state index is -3.88. The number of hydrogen-bond acceptors (Lipinski definition) is 3. The molecule has 0 aliphatic heterocycles. The molecule has 0 saturated carbocycles. The van der Waals surface area contributed by atoms with Crippen LogP contribution in [0.1, 0.15) is 30.1 Å². The van der Waals surface area contributed by atoms with E-state index in [9.17, 15) is 13.2 Å². The molecular formula is C12H16Cl2N2O4S. The van der Waals surface area contributed by atoms with E-state index < -0.39 is 16.2 Å². The molecule has 118 valence electrons. The number of carboxylic acid groups (broad SMARTS) is 1. The average molecular weight is 355 g/mol. The fraction of sp³-hybridized carbons (Fsp3) is 0.417. The summed E-state index contributed by atoms with van der Waals surface area (Å²) < 4.78 is 27.6. The smallest absolute Gasteiger partial charge is 0.337 e. The second-order valence-electron chi connectivity index (χ2n) is 4.40. The van der Waals surface area contributed by atoms with Gasteiger partial charge in [0, 0.05) is 18.6 Å². The van der Waals surface area contributed by atoms with Gasteiger partial charge in [-0.25, -0.2) is 4.79 Å². The van der Waals surface area contributed by atoms with Crippen LogP contribution >= 0.6 is 23.2 Å². The van der Waals surface area contributed by atoms with Gasteiger partial charge in [0.25, 0.3) is 0 Å². The highest BCUT2D eigenvalue weighted by molar-refractivity contribution is 7.90. The Morgan fingerprint density at radius 3 is 2.52 bits per heavy atom. The van der Waals surface area contributed by atoms with Crippen LogP contribution in [0.25, 0.3) is 0 Å². The molecule has 1 aromatic carbocycles. The topological polar surface area (TPSA) is 86.7 Å². The van der Waals surface area contributed by atoms with Crippen molar-refractivity contribution in [1.82, 2.24) is 4.31 Å². The lowest BCUT2D eigenvalue weighted by atomic mass is 10.2. The van der Waals surface area contributed by atoms with E-state index in [1.807, 2.05) is 6.92 Å². The number of nitrogens with zero attached hydrogens (tertiary/aromatic N) is 1. The van der Waals surface area contributed by atoms with Gasteiger partial charge in [0.1, 0.15) is 0 Å². The number of hydrogen-bond donors (Lipinski definition) is 2. The summed E-state index contributed by atoms with van der Waals surface area (Å²) in [7, 11) is -2.48. The first kappa shape index (κ1) is 18.0. The molecule has 0 aromatic heterocycles. The van der Waals surface area contributed by atoms with Gasteiger partial charge in [0.15, 0.2) is 0 Å². The van der Waals surface area contributed by atoms with Crippen molar-refractivity contribution in [2.75, 3.05) is 18.3 Å². The number of halogens is 2. The summed E-state index contributed by atoms with van der Waals surface area (Å²) in [6.45, 7) is 2.26. The lowest BCUT2D eigenvalue weighted by Crippen LogP contribution is -2.33. The third kappa shape index (κ3) is 4.74. The van der Waals surface area contributed by atoms with Crippen molar-refractivity contribution >= 4 is 45.1 Å². The molecule has 0 radical (unpaired) electrons. The van der Waals surface area contributed by atoms with Gasteiger partial charge in [-0.3, -0.25) is 4.72 Å². The quantitative estimate of drug-likeness (QED) is 0.787. The van der Waals surface area contributed by atoms with Crippen LogP contribution in [-0.4, -0.2) is 37.4 Å². The molecule has 0 spiro atoms. The van der Waals surface area contributed by atoms with Gasteiger partial charge in [-0.1, -0.05) is 36.5 Å². The summed E-state index contributed by atoms with van der Waals surface area (Å²) >= 11 is 11.6. The van der Waals surface area contributed by atoms with E-state index in [0.29, 0.717) is 13.0 Å². The molecule has 1 rings (SSSR count). The first-order valence-electron chi connectivity index (χ1n) is 6.15. The van der Waals surface area contributed by atoms with Crippen LogP contribution in [0.15, 0.2) is 12.1 Å². The summed E-state index contributed by atoms with van der Waals surface area (Å²) in [5.74, 6) is -1.33. The van der Waals surface area contributed by atoms with Crippen LogP contribution in [0.5, 0.6) is 0 Å². The molecule has 2 N–H and O–H groups in total. The van der Waals surface area contributed by atoms with Gasteiger partial charge in [-0.2, -0.15) is 12.7 Å². The lowest BCUT2D eigenvalue weighted by molar-refractivity contribution is 0.0698. The molecule has 0 aliphatic carbocycles. The summed E-state index contributed by atoms with van der Waals surface area (Å²) in [5, 5.41) is 9.16. The second kappa shape index (κ2) is 7.31. The molecule has 0 unspecified atom stereocenters. The van der Waals surface area contributed by atoms with E-state index >= 15 is 0 Å². The molecule has 0 atom stereocenters. The Balaban J connectivity index is 3.15. The molecule has 6 nitrogen and oxygen atoms in total. The van der Waals surface area contributed by atoms with Gasteiger partial charge >= 0.3 is 16.2 Å². The molecule has 0 aliphatic rings. The third-order valence-corrected chi connectivity index (χ3v) is 4.73. The molecule has 9 heteroatoms. The maximum atomic E-state index is 12.1. The van der Waals surface area contributed by atoms with E-state index in [-0.39, 0.29) is 21.3 Å². The van der Waals surface area contributed by atoms with Crippen molar-refractivity contribution in [2.24, 2.45) is 0 Å². The zero-order chi connectivity index (χ0) is 16.2. The molecule has 0 amide bonds. The van der Waals surface area contributed by atoms with E-state index in [4.69, 9.17) is 28.3 Å². The summed E-state index contributed by atoms with van der Waals surface area (Å²) in [6.07, 6.45) is 1.53. The number of carbonyl (C=O) groups is 1. The Kier molecular flexibility index (Phi) is 6.27. The van der Waals surface area contributed by atoms with Crippen molar-refractivity contribution in [3.63, 3.8) is 0 Å². The highest BCUT2D eigenvalue weighted by Crippen LogP contribution is 2.31. The van der Waals surface area contributed by atoms with Crippen molar-refractivity contribution in [1.29, 1.82) is 0 Å². The summed E-state index contributed by atoms with van der Waals surface area (Å²) in [6, 6.07) is 2.42. The van der Waals surface area contributed by atoms with Gasteiger partial charge in [-0.05, 0) is 18.6 Å². The molecule has 0 heterocycles. The molecular weight excluding hydrogens is 339 g/mol. The number of carboxylic acids is 1. The number of anilines is 1. The third-order valence-electron chi connectivity index (χ3n) is 2.75. The van der Waals surface area contributed by atoms with E-state index in [0.717, 1.165) is 16.8 Å². The zero-order valence-electron chi connectivity index (χ0n) is 11.6. The Morgan fingerprint density at radius 2 is 2.00 bits per heavy atom. The minimum absolute atomic E-state index is 0.0765. The van der Waals surface area contributed by atoms with Crippen LogP contribution in [-0.2, 0) is 10.2 Å². The molecule has 0 fully saturated rings. The van der Waals surface area contributed by atoms with Crippen LogP contribution in [0.4, 0.5) is 5.69 Å². The average Bonchev–Trinajstić information content (AvgIpc) is 2.38. The zero-order valence-corrected chi connectivity index (χ0v) is 13.9. The summed E-state index contributed by atoms with van der Waals surface area (Å²) in [4.78, 5) is 11.2. The first-order chi connectivity index (χ1) is 9.69. The van der Waals surface area contributed by atoms with Crippen molar-refractivity contribution in [3.8, 4) is 0 Å². The SMILES string of the molecule is CCCCN(C)S(=O)(=O)Nc1c(Cl)cc(Cl)cc1C(=O)O. The van der Waals surface area contributed by atoms with Gasteiger partial charge < -0.3 is 5.11 Å². The van der Waals surface area contributed by atoms with E-state index in [1.165, 1.54) is 13.1 Å². The van der Waals surface area contributed by atoms with Crippen molar-refractivity contribution in [3.05, 3.63) is 27.7 Å². The highest BCUT2D eigenvalue weighted by atomic mass is 35.5. The monoisotopic (exact) mass is 354 g/mol. The largest absolute Gasteiger partial charge is 0.478 e. The fourth-order valence-electron chi connectivity index (χ4n) is 1.55. The van der Waals surface area contributed by atoms with Crippen LogP contribution < -0.4 is 4.72 Å². The van der Waals surface area contributed by atoms with E-state index in [2.05, 4.69) is 4.72 Å². The van der Waals surface area contributed by atoms with Crippen LogP contribution in [0, 0.1) is 0 Å². The van der Waals surface area contributed by atoms with Gasteiger partial charge in [-0.15, -0.1) is 0 Å². The molecule has 1 aromatic rings. The number of nitrogens with one attached hydrogen (secondary N) is 1. The van der Waals surface area contributed by atoms with Crippen LogP contribution in [0.3, 0.4) is 0 Å². The number of aromatic carboxylic acids is 1. The van der Waals surface area contributed by atoms with Gasteiger partial charge in [0.05, 0.1) is 16.3 Å². The Bertz CT molecular complexity index is 634. The van der Waals surface area contributed by atoms with Gasteiger partial charge in [0.2, 0.25) is 0 Å². The maximum Gasteiger partial charge on any atom is 0.337 e. The normalized spacial score (nSPS) is 11.7. The minimum Gasteiger partial charge on any atom is -0.478 e.